The molecule has 2 aliphatic rings. The molecule has 1 fully saturated rings. The third-order valence-corrected chi connectivity index (χ3v) is 9.30. The molecule has 1 aromatic carbocycles. The lowest BCUT2D eigenvalue weighted by Crippen LogP contribution is -2.60. The molecule has 0 bridgehead atoms. The maximum absolute atomic E-state index is 16.6. The number of thioether (sulfide) groups is 1. The number of anilines is 1. The Kier molecular flexibility index (Phi) is 7.39. The number of carbonyl (C=O) groups is 1. The van der Waals surface area contributed by atoms with E-state index < -0.39 is 40.1 Å². The van der Waals surface area contributed by atoms with Crippen LogP contribution in [0.5, 0.6) is 5.75 Å². The van der Waals surface area contributed by atoms with Crippen molar-refractivity contribution in [3.63, 3.8) is 0 Å². The first-order valence-corrected chi connectivity index (χ1v) is 15.0. The van der Waals surface area contributed by atoms with Gasteiger partial charge in [0.2, 0.25) is 5.91 Å². The van der Waals surface area contributed by atoms with E-state index in [0.29, 0.717) is 23.5 Å². The molecule has 1 N–H and O–H groups in total. The Morgan fingerprint density at radius 3 is 2.61 bits per heavy atom. The van der Waals surface area contributed by atoms with Crippen LogP contribution in [0.2, 0.25) is 0 Å². The van der Waals surface area contributed by atoms with Gasteiger partial charge in [0.15, 0.2) is 23.1 Å². The van der Waals surface area contributed by atoms with E-state index in [4.69, 9.17) is 0 Å². The minimum atomic E-state index is -1.48. The van der Waals surface area contributed by atoms with Gasteiger partial charge in [-0.05, 0) is 49.6 Å². The first kappa shape index (κ1) is 29.7. The molecule has 13 heteroatoms. The Morgan fingerprint density at radius 1 is 1.16 bits per heavy atom. The van der Waals surface area contributed by atoms with E-state index in [1.54, 1.807) is 24.1 Å². The number of carbonyl (C=O) groups excluding carboxylic acids is 1. The molecule has 0 spiro atoms. The van der Waals surface area contributed by atoms with Gasteiger partial charge in [-0.3, -0.25) is 9.78 Å². The molecular weight excluding hydrogens is 593 g/mol. The summed E-state index contributed by atoms with van der Waals surface area (Å²) in [6.45, 7) is 11.6. The average Bonchev–Trinajstić information content (AvgIpc) is 3.15. The fraction of sp³-hybridized carbons (Fsp3) is 0.323. The number of hydrogen-bond acceptors (Lipinski definition) is 8. The molecule has 2 unspecified atom stereocenters. The van der Waals surface area contributed by atoms with E-state index in [1.807, 2.05) is 25.7 Å². The summed E-state index contributed by atoms with van der Waals surface area (Å²) in [7, 11) is 0. The second kappa shape index (κ2) is 11.0. The Morgan fingerprint density at radius 2 is 1.91 bits per heavy atom. The summed E-state index contributed by atoms with van der Waals surface area (Å²) in [6.07, 6.45) is 2.85. The molecular formula is C31H29F3N6O3S. The van der Waals surface area contributed by atoms with Crippen molar-refractivity contribution in [2.75, 3.05) is 23.7 Å². The SMILES string of the molecule is C=CC(=O)N1CC(C)N2c3nc(=O)n(-c4c(C)ccnc4C(C)C)c4nc(-c5c(O)ccc(F)c5F)c(F)c(c34)SCC2C1. The number of hydrogen-bond donors (Lipinski definition) is 1. The van der Waals surface area contributed by atoms with Crippen LogP contribution in [0, 0.1) is 24.4 Å². The molecule has 0 radical (unpaired) electrons. The quantitative estimate of drug-likeness (QED) is 0.314. The number of pyridine rings is 2. The molecule has 0 saturated carbocycles. The summed E-state index contributed by atoms with van der Waals surface area (Å²) in [5.74, 6) is -4.42. The third kappa shape index (κ3) is 4.52. The zero-order chi connectivity index (χ0) is 31.6. The fourth-order valence-corrected chi connectivity index (χ4v) is 7.28. The smallest absolute Gasteiger partial charge is 0.355 e. The summed E-state index contributed by atoms with van der Waals surface area (Å²) >= 11 is 1.10. The summed E-state index contributed by atoms with van der Waals surface area (Å²) < 4.78 is 47.5. The molecule has 3 aromatic heterocycles. The average molecular weight is 623 g/mol. The monoisotopic (exact) mass is 622 g/mol. The highest BCUT2D eigenvalue weighted by molar-refractivity contribution is 7.99. The van der Waals surface area contributed by atoms with Crippen LogP contribution in [0.25, 0.3) is 28.0 Å². The number of benzene rings is 1. The minimum Gasteiger partial charge on any atom is -0.507 e. The molecule has 1 amide bonds. The van der Waals surface area contributed by atoms with Crippen LogP contribution in [0.15, 0.2) is 46.7 Å². The standard InChI is InChI=1S/C31H29F3N6O3S/c1-6-20(42)38-11-16(5)39-17(12-38)13-44-28-22-29(36-26(24(28)34)21-19(41)8-7-18(32)23(21)33)40(31(43)37-30(22)39)27-15(4)9-10-35-25(27)14(2)3/h6-10,14,16-17,41H,1,11-13H2,2-5H3. The highest BCUT2D eigenvalue weighted by Gasteiger charge is 2.40. The molecule has 6 rings (SSSR count). The zero-order valence-corrected chi connectivity index (χ0v) is 25.3. The lowest BCUT2D eigenvalue weighted by molar-refractivity contribution is -0.127. The number of phenols is 1. The lowest BCUT2D eigenvalue weighted by atomic mass is 10.0. The number of phenolic OH excluding ortho intramolecular Hbond substituents is 1. The van der Waals surface area contributed by atoms with Crippen molar-refractivity contribution in [2.45, 2.75) is 50.6 Å². The molecule has 5 heterocycles. The highest BCUT2D eigenvalue weighted by atomic mass is 32.2. The van der Waals surface area contributed by atoms with Gasteiger partial charge in [-0.25, -0.2) is 27.5 Å². The van der Waals surface area contributed by atoms with Gasteiger partial charge in [-0.2, -0.15) is 4.98 Å². The van der Waals surface area contributed by atoms with E-state index in [0.717, 1.165) is 23.9 Å². The molecule has 0 aliphatic carbocycles. The predicted octanol–water partition coefficient (Wildman–Crippen LogP) is 5.09. The predicted molar refractivity (Wildman–Crippen MR) is 162 cm³/mol. The first-order chi connectivity index (χ1) is 20.9. The van der Waals surface area contributed by atoms with Crippen molar-refractivity contribution >= 4 is 34.5 Å². The Hall–Kier alpha value is -4.39. The molecule has 1 saturated heterocycles. The van der Waals surface area contributed by atoms with Gasteiger partial charge in [0.05, 0.1) is 33.3 Å². The van der Waals surface area contributed by atoms with Crippen molar-refractivity contribution in [3.8, 4) is 22.7 Å². The second-order valence-corrected chi connectivity index (χ2v) is 12.3. The fourth-order valence-electron chi connectivity index (χ4n) is 6.11. The molecule has 9 nitrogen and oxygen atoms in total. The maximum atomic E-state index is 16.6. The van der Waals surface area contributed by atoms with Crippen molar-refractivity contribution in [1.29, 1.82) is 0 Å². The number of rotatable bonds is 4. The first-order valence-electron chi connectivity index (χ1n) is 14.1. The normalized spacial score (nSPS) is 18.0. The van der Waals surface area contributed by atoms with E-state index in [-0.39, 0.29) is 58.0 Å². The van der Waals surface area contributed by atoms with Crippen LogP contribution < -0.4 is 10.6 Å². The second-order valence-electron chi connectivity index (χ2n) is 11.3. The number of aryl methyl sites for hydroxylation is 1. The van der Waals surface area contributed by atoms with Crippen molar-refractivity contribution in [1.82, 2.24) is 24.4 Å². The van der Waals surface area contributed by atoms with Gasteiger partial charge in [0, 0.05) is 31.1 Å². The lowest BCUT2D eigenvalue weighted by Gasteiger charge is -2.45. The summed E-state index contributed by atoms with van der Waals surface area (Å²) in [4.78, 5) is 43.7. The van der Waals surface area contributed by atoms with Crippen LogP contribution >= 0.6 is 11.8 Å². The van der Waals surface area contributed by atoms with Gasteiger partial charge >= 0.3 is 5.69 Å². The molecule has 2 atom stereocenters. The third-order valence-electron chi connectivity index (χ3n) is 8.07. The van der Waals surface area contributed by atoms with E-state index in [2.05, 4.69) is 21.5 Å². The summed E-state index contributed by atoms with van der Waals surface area (Å²) in [5.41, 5.74) is -0.562. The van der Waals surface area contributed by atoms with Gasteiger partial charge in [-0.1, -0.05) is 20.4 Å². The maximum Gasteiger partial charge on any atom is 0.355 e. The van der Waals surface area contributed by atoms with Gasteiger partial charge in [0.1, 0.15) is 17.3 Å². The number of aromatic nitrogens is 4. The van der Waals surface area contributed by atoms with Gasteiger partial charge < -0.3 is 14.9 Å². The zero-order valence-electron chi connectivity index (χ0n) is 24.4. The van der Waals surface area contributed by atoms with Crippen LogP contribution in [-0.2, 0) is 4.79 Å². The number of fused-ring (bicyclic) bond motifs is 2. The summed E-state index contributed by atoms with van der Waals surface area (Å²) in [6, 6.07) is 2.67. The number of piperazine rings is 1. The van der Waals surface area contributed by atoms with Crippen LogP contribution in [0.3, 0.4) is 0 Å². The largest absolute Gasteiger partial charge is 0.507 e. The topological polar surface area (TPSA) is 104 Å². The van der Waals surface area contributed by atoms with Crippen molar-refractivity contribution in [3.05, 3.63) is 76.2 Å². The number of amides is 1. The van der Waals surface area contributed by atoms with E-state index in [9.17, 15) is 19.1 Å². The number of aromatic hydroxyl groups is 1. The van der Waals surface area contributed by atoms with Gasteiger partial charge in [0.25, 0.3) is 0 Å². The van der Waals surface area contributed by atoms with Crippen LogP contribution in [0.1, 0.15) is 37.9 Å². The Labute approximate surface area is 255 Å². The Bertz CT molecular complexity index is 1930. The van der Waals surface area contributed by atoms with Crippen LogP contribution in [0.4, 0.5) is 19.0 Å². The van der Waals surface area contributed by atoms with Crippen molar-refractivity contribution < 1.29 is 23.1 Å². The summed E-state index contributed by atoms with van der Waals surface area (Å²) in [5, 5.41) is 10.8. The highest BCUT2D eigenvalue weighted by Crippen LogP contribution is 2.46. The minimum absolute atomic E-state index is 0.0140. The molecule has 228 valence electrons. The van der Waals surface area contributed by atoms with Crippen LogP contribution in [-0.4, -0.2) is 66.4 Å². The Balaban J connectivity index is 1.74. The van der Waals surface area contributed by atoms with Gasteiger partial charge in [-0.15, -0.1) is 11.8 Å². The number of halogens is 3. The van der Waals surface area contributed by atoms with E-state index >= 15 is 8.78 Å². The van der Waals surface area contributed by atoms with E-state index in [1.165, 1.54) is 10.6 Å². The molecule has 4 aromatic rings. The number of nitrogens with zero attached hydrogens (tertiary/aromatic N) is 6. The molecule has 2 aliphatic heterocycles. The molecule has 44 heavy (non-hydrogen) atoms. The van der Waals surface area contributed by atoms with Crippen molar-refractivity contribution in [2.24, 2.45) is 0 Å².